The number of hydrogen-bond acceptors (Lipinski definition) is 6. The number of fused-ring (bicyclic) bond motifs is 5. The van der Waals surface area contributed by atoms with Gasteiger partial charge in [0.1, 0.15) is 0 Å². The van der Waals surface area contributed by atoms with Crippen LogP contribution in [0.25, 0.3) is 0 Å². The van der Waals surface area contributed by atoms with Crippen molar-refractivity contribution in [2.24, 2.45) is 35.0 Å². The van der Waals surface area contributed by atoms with Gasteiger partial charge in [0, 0.05) is 6.42 Å². The Balaban J connectivity index is 1.26. The highest BCUT2D eigenvalue weighted by Crippen LogP contribution is 2.63. The molecule has 0 bridgehead atoms. The van der Waals surface area contributed by atoms with Crippen molar-refractivity contribution >= 4 is 17.7 Å². The number of allylic oxidation sites excluding steroid dienone is 1. The third-order valence-electron chi connectivity index (χ3n) is 8.94. The first kappa shape index (κ1) is 23.5. The van der Waals surface area contributed by atoms with Crippen molar-refractivity contribution in [1.29, 1.82) is 0 Å². The Bertz CT molecular complexity index is 772. The van der Waals surface area contributed by atoms with Gasteiger partial charge in [0.05, 0.1) is 6.61 Å². The molecule has 3 saturated carbocycles. The monoisotopic (exact) mass is 446 g/mol. The van der Waals surface area contributed by atoms with Crippen LogP contribution in [0.1, 0.15) is 78.1 Å². The minimum Gasteiger partial charge on any atom is -0.463 e. The Morgan fingerprint density at radius 3 is 2.78 bits per heavy atom. The van der Waals surface area contributed by atoms with Crippen LogP contribution in [0, 0.1) is 35.0 Å². The highest BCUT2D eigenvalue weighted by molar-refractivity contribution is 5.91. The fraction of sp³-hybridized carbons (Fsp3) is 0.808. The van der Waals surface area contributed by atoms with E-state index in [1.165, 1.54) is 37.7 Å². The molecule has 0 radical (unpaired) electrons. The predicted molar refractivity (Wildman–Crippen MR) is 118 cm³/mol. The lowest BCUT2D eigenvalue weighted by Gasteiger charge is -2.52. The fourth-order valence-electron chi connectivity index (χ4n) is 7.38. The Labute approximate surface area is 191 Å². The number of aliphatic hydroxyl groups excluding tert-OH is 1. The maximum atomic E-state index is 11.9. The number of ketones is 1. The molecule has 0 aromatic carbocycles. The molecule has 0 aromatic rings. The van der Waals surface area contributed by atoms with Gasteiger partial charge in [0.25, 0.3) is 0 Å². The first-order valence-corrected chi connectivity index (χ1v) is 12.5. The Morgan fingerprint density at radius 1 is 1.19 bits per heavy atom. The van der Waals surface area contributed by atoms with Crippen molar-refractivity contribution in [3.63, 3.8) is 0 Å². The quantitative estimate of drug-likeness (QED) is 0.595. The standard InChI is InChI=1S/C26H38O6/c1-3-23(28)25(30)32-15-24(29)31-11-9-16-12-22-21-6-4-17-13-18(27)5-7-19(17)20(21)8-10-26(22,2)14-16/h13,16,19-23,28H,3-12,14-15H2,1-2H3/t16-,19-,20+,21+,22-,23?,26+/m0/s1. The van der Waals surface area contributed by atoms with Gasteiger partial charge in [-0.1, -0.05) is 19.4 Å². The summed E-state index contributed by atoms with van der Waals surface area (Å²) < 4.78 is 10.1. The van der Waals surface area contributed by atoms with Crippen LogP contribution < -0.4 is 0 Å². The minimum absolute atomic E-state index is 0.258. The molecule has 0 spiro atoms. The van der Waals surface area contributed by atoms with Crippen molar-refractivity contribution in [3.05, 3.63) is 11.6 Å². The lowest BCUT2D eigenvalue weighted by molar-refractivity contribution is -0.164. The third-order valence-corrected chi connectivity index (χ3v) is 8.94. The molecular formula is C26H38O6. The second-order valence-corrected chi connectivity index (χ2v) is 10.8. The highest BCUT2D eigenvalue weighted by atomic mass is 16.6. The van der Waals surface area contributed by atoms with Gasteiger partial charge in [0.2, 0.25) is 0 Å². The zero-order valence-corrected chi connectivity index (χ0v) is 19.5. The summed E-state index contributed by atoms with van der Waals surface area (Å²) in [6.07, 6.45) is 10.9. The van der Waals surface area contributed by atoms with Gasteiger partial charge in [-0.15, -0.1) is 0 Å². The van der Waals surface area contributed by atoms with Crippen LogP contribution in [0.2, 0.25) is 0 Å². The molecule has 6 nitrogen and oxygen atoms in total. The van der Waals surface area contributed by atoms with Gasteiger partial charge in [-0.25, -0.2) is 9.59 Å². The van der Waals surface area contributed by atoms with Gasteiger partial charge in [-0.05, 0) is 98.9 Å². The number of carbonyl (C=O) groups is 3. The fourth-order valence-corrected chi connectivity index (χ4v) is 7.38. The highest BCUT2D eigenvalue weighted by Gasteiger charge is 2.54. The molecule has 7 atom stereocenters. The van der Waals surface area contributed by atoms with E-state index in [1.54, 1.807) is 6.92 Å². The summed E-state index contributed by atoms with van der Waals surface area (Å²) in [7, 11) is 0. The lowest BCUT2D eigenvalue weighted by atomic mass is 9.52. The van der Waals surface area contributed by atoms with Crippen molar-refractivity contribution < 1.29 is 29.0 Å². The topological polar surface area (TPSA) is 89.9 Å². The van der Waals surface area contributed by atoms with Gasteiger partial charge in [-0.3, -0.25) is 4.79 Å². The van der Waals surface area contributed by atoms with Crippen LogP contribution in [-0.4, -0.2) is 42.1 Å². The summed E-state index contributed by atoms with van der Waals surface area (Å²) >= 11 is 0. The second-order valence-electron chi connectivity index (χ2n) is 10.8. The van der Waals surface area contributed by atoms with E-state index >= 15 is 0 Å². The van der Waals surface area contributed by atoms with E-state index in [4.69, 9.17) is 9.47 Å². The summed E-state index contributed by atoms with van der Waals surface area (Å²) in [5.74, 6) is 2.42. The summed E-state index contributed by atoms with van der Waals surface area (Å²) in [6.45, 7) is 4.05. The van der Waals surface area contributed by atoms with Crippen molar-refractivity contribution in [2.45, 2.75) is 84.2 Å². The molecule has 0 amide bonds. The summed E-state index contributed by atoms with van der Waals surface area (Å²) in [5.41, 5.74) is 1.81. The first-order valence-electron chi connectivity index (χ1n) is 12.5. The van der Waals surface area contributed by atoms with Crippen molar-refractivity contribution in [2.75, 3.05) is 13.2 Å². The van der Waals surface area contributed by atoms with E-state index in [-0.39, 0.29) is 6.42 Å². The predicted octanol–water partition coefficient (Wildman–Crippen LogP) is 3.99. The molecule has 4 aliphatic rings. The number of ether oxygens (including phenoxy) is 2. The molecule has 4 rings (SSSR count). The van der Waals surface area contributed by atoms with Crippen molar-refractivity contribution in [3.8, 4) is 0 Å². The van der Waals surface area contributed by atoms with Crippen molar-refractivity contribution in [1.82, 2.24) is 0 Å². The molecule has 4 aliphatic carbocycles. The maximum Gasteiger partial charge on any atom is 0.344 e. The third kappa shape index (κ3) is 4.80. The number of esters is 2. The van der Waals surface area contributed by atoms with Gasteiger partial charge >= 0.3 is 11.9 Å². The average Bonchev–Trinajstić information content (AvgIpc) is 3.12. The maximum absolute atomic E-state index is 11.9. The van der Waals surface area contributed by atoms with E-state index < -0.39 is 24.6 Å². The van der Waals surface area contributed by atoms with E-state index in [0.29, 0.717) is 29.6 Å². The van der Waals surface area contributed by atoms with Crippen LogP contribution in [0.5, 0.6) is 0 Å². The summed E-state index contributed by atoms with van der Waals surface area (Å²) in [6, 6.07) is 0. The number of aliphatic hydroxyl groups is 1. The van der Waals surface area contributed by atoms with Crippen LogP contribution in [0.4, 0.5) is 0 Å². The Kier molecular flexibility index (Phi) is 7.09. The Hall–Kier alpha value is -1.69. The molecular weight excluding hydrogens is 408 g/mol. The number of rotatable bonds is 7. The van der Waals surface area contributed by atoms with Gasteiger partial charge in [-0.2, -0.15) is 0 Å². The van der Waals surface area contributed by atoms with Crippen LogP contribution in [0.3, 0.4) is 0 Å². The Morgan fingerprint density at radius 2 is 2.00 bits per heavy atom. The molecule has 0 aromatic heterocycles. The molecule has 0 saturated heterocycles. The van der Waals surface area contributed by atoms with E-state index in [0.717, 1.165) is 43.4 Å². The second kappa shape index (κ2) is 9.66. The van der Waals surface area contributed by atoms with E-state index in [9.17, 15) is 19.5 Å². The molecule has 1 unspecified atom stereocenters. The summed E-state index contributed by atoms with van der Waals surface area (Å²) in [5, 5.41) is 9.40. The number of hydrogen-bond donors (Lipinski definition) is 1. The van der Waals surface area contributed by atoms with Crippen LogP contribution >= 0.6 is 0 Å². The normalized spacial score (nSPS) is 36.9. The largest absolute Gasteiger partial charge is 0.463 e. The number of carbonyl (C=O) groups excluding carboxylic acids is 3. The molecule has 6 heteroatoms. The van der Waals surface area contributed by atoms with E-state index in [1.807, 2.05) is 6.08 Å². The van der Waals surface area contributed by atoms with Crippen LogP contribution in [-0.2, 0) is 23.9 Å². The van der Waals surface area contributed by atoms with Gasteiger partial charge in [0.15, 0.2) is 18.5 Å². The molecule has 178 valence electrons. The van der Waals surface area contributed by atoms with E-state index in [2.05, 4.69) is 6.92 Å². The minimum atomic E-state index is -1.19. The summed E-state index contributed by atoms with van der Waals surface area (Å²) in [4.78, 5) is 35.2. The molecule has 0 aliphatic heterocycles. The zero-order valence-electron chi connectivity index (χ0n) is 19.5. The lowest BCUT2D eigenvalue weighted by Crippen LogP contribution is -2.44. The molecule has 0 heterocycles. The SMILES string of the molecule is CCC(O)C(=O)OCC(=O)OCC[C@H]1C[C@H]2[C@@H]3CCC4=CC(=O)CC[C@@H]4[C@H]3CC[C@]2(C)C1. The average molecular weight is 447 g/mol. The van der Waals surface area contributed by atoms with Crippen LogP contribution in [0.15, 0.2) is 11.6 Å². The smallest absolute Gasteiger partial charge is 0.344 e. The first-order chi connectivity index (χ1) is 15.3. The molecule has 32 heavy (non-hydrogen) atoms. The molecule has 3 fully saturated rings. The zero-order chi connectivity index (χ0) is 22.9. The van der Waals surface area contributed by atoms with Gasteiger partial charge < -0.3 is 14.6 Å². The molecule has 1 N–H and O–H groups in total.